The molecule has 1 amide bonds. The summed E-state index contributed by atoms with van der Waals surface area (Å²) in [5.74, 6) is 0.470. The van der Waals surface area contributed by atoms with Gasteiger partial charge in [0.05, 0.1) is 5.69 Å². The van der Waals surface area contributed by atoms with Crippen LogP contribution in [0.3, 0.4) is 0 Å². The smallest absolute Gasteiger partial charge is 0.251 e. The molecule has 2 bridgehead atoms. The van der Waals surface area contributed by atoms with E-state index in [2.05, 4.69) is 22.0 Å². The summed E-state index contributed by atoms with van der Waals surface area (Å²) in [7, 11) is 0. The van der Waals surface area contributed by atoms with Crippen molar-refractivity contribution in [3.8, 4) is 0 Å². The zero-order valence-corrected chi connectivity index (χ0v) is 16.9. The zero-order chi connectivity index (χ0) is 19.7. The summed E-state index contributed by atoms with van der Waals surface area (Å²) >= 11 is 0. The maximum absolute atomic E-state index is 14.8. The molecule has 28 heavy (non-hydrogen) atoms. The minimum absolute atomic E-state index is 0.154. The average molecular weight is 389 g/mol. The lowest BCUT2D eigenvalue weighted by atomic mass is 9.67. The van der Waals surface area contributed by atoms with Gasteiger partial charge in [-0.1, -0.05) is 13.3 Å². The highest BCUT2D eigenvalue weighted by molar-refractivity contribution is 5.94. The highest BCUT2D eigenvalue weighted by atomic mass is 19.1. The maximum atomic E-state index is 14.8. The van der Waals surface area contributed by atoms with Gasteiger partial charge in [-0.15, -0.1) is 0 Å². The molecule has 5 nitrogen and oxygen atoms in total. The fraction of sp³-hybridized carbons (Fsp3) is 0.682. The largest absolute Gasteiger partial charge is 0.367 e. The monoisotopic (exact) mass is 388 g/mol. The Balaban J connectivity index is 1.42. The summed E-state index contributed by atoms with van der Waals surface area (Å²) in [5, 5.41) is 3.22. The van der Waals surface area contributed by atoms with Crippen molar-refractivity contribution in [2.24, 2.45) is 17.6 Å². The summed E-state index contributed by atoms with van der Waals surface area (Å²) in [6.07, 6.45) is 5.46. The van der Waals surface area contributed by atoms with Crippen molar-refractivity contribution in [3.05, 3.63) is 29.6 Å². The Labute approximate surface area is 167 Å². The number of carbonyl (C=O) groups excluding carboxylic acids is 1. The Morgan fingerprint density at radius 1 is 1.18 bits per heavy atom. The van der Waals surface area contributed by atoms with Crippen LogP contribution in [0.2, 0.25) is 0 Å². The Hall–Kier alpha value is -1.66. The minimum Gasteiger partial charge on any atom is -0.367 e. The number of nitrogens with zero attached hydrogens (tertiary/aromatic N) is 2. The van der Waals surface area contributed by atoms with Gasteiger partial charge in [0, 0.05) is 43.8 Å². The molecular formula is C22H33FN4O. The molecule has 3 aliphatic rings. The van der Waals surface area contributed by atoms with E-state index in [0.29, 0.717) is 23.1 Å². The number of anilines is 1. The van der Waals surface area contributed by atoms with Crippen LogP contribution in [-0.4, -0.2) is 55.6 Å². The fourth-order valence-electron chi connectivity index (χ4n) is 5.47. The Kier molecular flexibility index (Phi) is 5.88. The number of carbonyl (C=O) groups is 1. The van der Waals surface area contributed by atoms with Crippen LogP contribution in [0.15, 0.2) is 18.2 Å². The van der Waals surface area contributed by atoms with Gasteiger partial charge in [0.2, 0.25) is 0 Å². The molecule has 4 rings (SSSR count). The standard InChI is InChI=1S/C22H33FN4O/c1-2-26-8-10-27(11-9-26)20-7-6-17(14-19(20)23)22(28)25-21-15-4-3-5-16(21)13-18(24)12-15/h6-7,14-16,18,21H,2-5,8-13,24H2,1H3,(H,25,28). The molecule has 1 aromatic carbocycles. The van der Waals surface area contributed by atoms with Gasteiger partial charge < -0.3 is 20.9 Å². The molecule has 3 fully saturated rings. The molecule has 3 N–H and O–H groups in total. The van der Waals surface area contributed by atoms with Crippen LogP contribution in [0.5, 0.6) is 0 Å². The van der Waals surface area contributed by atoms with Gasteiger partial charge in [-0.05, 0) is 62.3 Å². The van der Waals surface area contributed by atoms with Gasteiger partial charge in [0.15, 0.2) is 0 Å². The van der Waals surface area contributed by atoms with E-state index < -0.39 is 0 Å². The van der Waals surface area contributed by atoms with Crippen LogP contribution in [-0.2, 0) is 0 Å². The lowest BCUT2D eigenvalue weighted by molar-refractivity contribution is 0.0755. The molecule has 0 radical (unpaired) electrons. The molecule has 1 heterocycles. The summed E-state index contributed by atoms with van der Waals surface area (Å²) in [4.78, 5) is 17.3. The van der Waals surface area contributed by atoms with Crippen molar-refractivity contribution in [1.82, 2.24) is 10.2 Å². The van der Waals surface area contributed by atoms with Crippen LogP contribution >= 0.6 is 0 Å². The van der Waals surface area contributed by atoms with E-state index in [1.165, 1.54) is 12.5 Å². The molecule has 154 valence electrons. The summed E-state index contributed by atoms with van der Waals surface area (Å²) < 4.78 is 14.8. The lowest BCUT2D eigenvalue weighted by Gasteiger charge is -2.45. The normalized spacial score (nSPS) is 30.9. The Morgan fingerprint density at radius 2 is 1.86 bits per heavy atom. The van der Waals surface area contributed by atoms with E-state index in [-0.39, 0.29) is 23.8 Å². The molecule has 1 aliphatic heterocycles. The van der Waals surface area contributed by atoms with Crippen molar-refractivity contribution >= 4 is 11.6 Å². The topological polar surface area (TPSA) is 61.6 Å². The van der Waals surface area contributed by atoms with Crippen molar-refractivity contribution in [2.45, 2.75) is 51.1 Å². The summed E-state index contributed by atoms with van der Waals surface area (Å²) in [6, 6.07) is 5.38. The van der Waals surface area contributed by atoms with Gasteiger partial charge in [0.25, 0.3) is 5.91 Å². The second-order valence-corrected chi connectivity index (χ2v) is 8.77. The van der Waals surface area contributed by atoms with Gasteiger partial charge in [-0.2, -0.15) is 0 Å². The number of likely N-dealkylation sites (N-methyl/N-ethyl adjacent to an activating group) is 1. The van der Waals surface area contributed by atoms with Crippen LogP contribution in [0.25, 0.3) is 0 Å². The first-order valence-electron chi connectivity index (χ1n) is 10.9. The predicted octanol–water partition coefficient (Wildman–Crippen LogP) is 2.60. The van der Waals surface area contributed by atoms with Gasteiger partial charge in [0.1, 0.15) is 5.82 Å². The number of fused-ring (bicyclic) bond motifs is 2. The second-order valence-electron chi connectivity index (χ2n) is 8.77. The van der Waals surface area contributed by atoms with E-state index in [1.807, 2.05) is 0 Å². The van der Waals surface area contributed by atoms with Crippen LogP contribution < -0.4 is 16.0 Å². The molecule has 2 aliphatic carbocycles. The Morgan fingerprint density at radius 3 is 2.46 bits per heavy atom. The van der Waals surface area contributed by atoms with Crippen LogP contribution in [0.1, 0.15) is 49.4 Å². The molecule has 2 saturated carbocycles. The number of benzene rings is 1. The lowest BCUT2D eigenvalue weighted by Crippen LogP contribution is -2.53. The number of nitrogens with two attached hydrogens (primary N) is 1. The van der Waals surface area contributed by atoms with E-state index in [0.717, 1.165) is 58.4 Å². The highest BCUT2D eigenvalue weighted by Crippen LogP contribution is 2.39. The molecule has 6 heteroatoms. The number of rotatable bonds is 4. The molecule has 1 saturated heterocycles. The number of halogens is 1. The molecule has 1 aromatic rings. The van der Waals surface area contributed by atoms with Crippen molar-refractivity contribution in [2.75, 3.05) is 37.6 Å². The molecule has 2 unspecified atom stereocenters. The minimum atomic E-state index is -0.302. The van der Waals surface area contributed by atoms with Crippen molar-refractivity contribution in [3.63, 3.8) is 0 Å². The maximum Gasteiger partial charge on any atom is 0.251 e. The van der Waals surface area contributed by atoms with Crippen LogP contribution in [0, 0.1) is 17.7 Å². The molecule has 2 atom stereocenters. The van der Waals surface area contributed by atoms with Gasteiger partial charge >= 0.3 is 0 Å². The number of amides is 1. The zero-order valence-electron chi connectivity index (χ0n) is 16.9. The van der Waals surface area contributed by atoms with Gasteiger partial charge in [-0.25, -0.2) is 4.39 Å². The van der Waals surface area contributed by atoms with E-state index >= 15 is 0 Å². The SMILES string of the molecule is CCN1CCN(c2ccc(C(=O)NC3C4CCCC3CC(N)C4)cc2F)CC1. The molecule has 0 aromatic heterocycles. The fourth-order valence-corrected chi connectivity index (χ4v) is 5.47. The molecule has 0 spiro atoms. The first-order valence-corrected chi connectivity index (χ1v) is 10.9. The third-order valence-corrected chi connectivity index (χ3v) is 7.04. The van der Waals surface area contributed by atoms with E-state index in [9.17, 15) is 9.18 Å². The second kappa shape index (κ2) is 8.37. The summed E-state index contributed by atoms with van der Waals surface area (Å²) in [6.45, 7) is 6.72. The predicted molar refractivity (Wildman–Crippen MR) is 110 cm³/mol. The number of nitrogens with one attached hydrogen (secondary N) is 1. The average Bonchev–Trinajstić information content (AvgIpc) is 2.68. The van der Waals surface area contributed by atoms with Crippen LogP contribution in [0.4, 0.5) is 10.1 Å². The third kappa shape index (κ3) is 4.03. The Bertz CT molecular complexity index is 690. The van der Waals surface area contributed by atoms with Crippen molar-refractivity contribution in [1.29, 1.82) is 0 Å². The third-order valence-electron chi connectivity index (χ3n) is 7.04. The van der Waals surface area contributed by atoms with E-state index in [1.54, 1.807) is 12.1 Å². The summed E-state index contributed by atoms with van der Waals surface area (Å²) in [5.41, 5.74) is 7.21. The number of hydrogen-bond acceptors (Lipinski definition) is 4. The number of hydrogen-bond donors (Lipinski definition) is 2. The number of piperazine rings is 1. The van der Waals surface area contributed by atoms with Crippen molar-refractivity contribution < 1.29 is 9.18 Å². The first-order chi connectivity index (χ1) is 13.5. The first kappa shape index (κ1) is 19.6. The van der Waals surface area contributed by atoms with E-state index in [4.69, 9.17) is 5.73 Å². The highest BCUT2D eigenvalue weighted by Gasteiger charge is 2.40. The molecular weight excluding hydrogens is 355 g/mol. The quantitative estimate of drug-likeness (QED) is 0.832. The van der Waals surface area contributed by atoms with Gasteiger partial charge in [-0.3, -0.25) is 4.79 Å².